The van der Waals surface area contributed by atoms with Crippen molar-refractivity contribution in [2.45, 2.75) is 0 Å². The molecule has 66 valence electrons. The fourth-order valence-electron chi connectivity index (χ4n) is 0.715. The zero-order chi connectivity index (χ0) is 10.0. The van der Waals surface area contributed by atoms with E-state index < -0.39 is 17.4 Å². The molecule has 0 saturated heterocycles. The Morgan fingerprint density at radius 2 is 2.31 bits per heavy atom. The summed E-state index contributed by atoms with van der Waals surface area (Å²) in [5.41, 5.74) is -0.808. The minimum Gasteiger partial charge on any atom is -0.505 e. The van der Waals surface area contributed by atoms with Gasteiger partial charge in [0.15, 0.2) is 11.4 Å². The molecule has 0 aliphatic carbocycles. The van der Waals surface area contributed by atoms with Crippen molar-refractivity contribution in [1.29, 1.82) is 5.26 Å². The maximum Gasteiger partial charge on any atom is 0.358 e. The normalized spacial score (nSPS) is 9.23. The van der Waals surface area contributed by atoms with Crippen LogP contribution >= 0.6 is 11.6 Å². The Balaban J connectivity index is 3.41. The number of hydrogen-bond donors (Lipinski definition) is 2. The summed E-state index contributed by atoms with van der Waals surface area (Å²) in [6.07, 6.45) is 0. The summed E-state index contributed by atoms with van der Waals surface area (Å²) in [7, 11) is 0. The monoisotopic (exact) mass is 198 g/mol. The zero-order valence-corrected chi connectivity index (χ0v) is 6.91. The maximum atomic E-state index is 10.4. The molecule has 0 bridgehead atoms. The molecule has 2 N–H and O–H groups in total. The number of carbonyl (C=O) groups is 1. The van der Waals surface area contributed by atoms with E-state index in [1.807, 2.05) is 0 Å². The van der Waals surface area contributed by atoms with Crippen molar-refractivity contribution in [3.8, 4) is 11.8 Å². The van der Waals surface area contributed by atoms with Crippen LogP contribution in [0.15, 0.2) is 6.07 Å². The molecule has 13 heavy (non-hydrogen) atoms. The van der Waals surface area contributed by atoms with Crippen molar-refractivity contribution in [2.24, 2.45) is 0 Å². The molecule has 1 aromatic heterocycles. The first-order chi connectivity index (χ1) is 6.06. The number of nitrogens with zero attached hydrogens (tertiary/aromatic N) is 2. The summed E-state index contributed by atoms with van der Waals surface area (Å²) in [6, 6.07) is 2.57. The Labute approximate surface area is 77.8 Å². The SMILES string of the molecule is N#Cc1nc(C(=O)O)c(O)cc1Cl. The molecule has 1 aromatic rings. The van der Waals surface area contributed by atoms with Crippen LogP contribution in [0.1, 0.15) is 16.2 Å². The summed E-state index contributed by atoms with van der Waals surface area (Å²) < 4.78 is 0. The average molecular weight is 199 g/mol. The van der Waals surface area contributed by atoms with Crippen LogP contribution in [0.3, 0.4) is 0 Å². The molecule has 0 spiro atoms. The van der Waals surface area contributed by atoms with Gasteiger partial charge in [0, 0.05) is 6.07 Å². The van der Waals surface area contributed by atoms with E-state index in [4.69, 9.17) is 27.1 Å². The lowest BCUT2D eigenvalue weighted by molar-refractivity contribution is 0.0687. The summed E-state index contributed by atoms with van der Waals surface area (Å²) in [5, 5.41) is 25.9. The summed E-state index contributed by atoms with van der Waals surface area (Å²) in [4.78, 5) is 13.8. The topological polar surface area (TPSA) is 94.2 Å². The molecule has 0 atom stereocenters. The van der Waals surface area contributed by atoms with Gasteiger partial charge >= 0.3 is 5.97 Å². The van der Waals surface area contributed by atoms with Crippen molar-refractivity contribution < 1.29 is 15.0 Å². The van der Waals surface area contributed by atoms with Gasteiger partial charge in [0.05, 0.1) is 5.02 Å². The number of aromatic nitrogens is 1. The smallest absolute Gasteiger partial charge is 0.358 e. The van der Waals surface area contributed by atoms with E-state index >= 15 is 0 Å². The minimum absolute atomic E-state index is 0.0787. The van der Waals surface area contributed by atoms with Crippen molar-refractivity contribution in [1.82, 2.24) is 4.98 Å². The first-order valence-corrected chi connectivity index (χ1v) is 3.47. The maximum absolute atomic E-state index is 10.4. The van der Waals surface area contributed by atoms with Gasteiger partial charge < -0.3 is 10.2 Å². The van der Waals surface area contributed by atoms with E-state index in [0.717, 1.165) is 6.07 Å². The molecule has 0 unspecified atom stereocenters. The number of nitriles is 1. The highest BCUT2D eigenvalue weighted by atomic mass is 35.5. The molecule has 5 nitrogen and oxygen atoms in total. The molecule has 0 aliphatic heterocycles. The zero-order valence-electron chi connectivity index (χ0n) is 6.15. The Hall–Kier alpha value is -1.80. The van der Waals surface area contributed by atoms with Gasteiger partial charge in [-0.25, -0.2) is 9.78 Å². The van der Waals surface area contributed by atoms with Crippen LogP contribution in [0.25, 0.3) is 0 Å². The van der Waals surface area contributed by atoms with E-state index in [1.165, 1.54) is 0 Å². The predicted octanol–water partition coefficient (Wildman–Crippen LogP) is 1.01. The number of aromatic hydroxyl groups is 1. The van der Waals surface area contributed by atoms with Gasteiger partial charge in [-0.05, 0) is 0 Å². The Morgan fingerprint density at radius 3 is 2.77 bits per heavy atom. The van der Waals surface area contributed by atoms with Crippen LogP contribution in [0.2, 0.25) is 5.02 Å². The van der Waals surface area contributed by atoms with Gasteiger partial charge in [-0.2, -0.15) is 5.26 Å². The van der Waals surface area contributed by atoms with Crippen LogP contribution in [0.4, 0.5) is 0 Å². The second kappa shape index (κ2) is 3.29. The van der Waals surface area contributed by atoms with E-state index in [9.17, 15) is 4.79 Å². The van der Waals surface area contributed by atoms with Gasteiger partial charge in [-0.1, -0.05) is 11.6 Å². The molecule has 1 rings (SSSR count). The third-order valence-corrected chi connectivity index (χ3v) is 1.55. The van der Waals surface area contributed by atoms with Gasteiger partial charge in [0.1, 0.15) is 11.8 Å². The third-order valence-electron chi connectivity index (χ3n) is 1.26. The minimum atomic E-state index is -1.41. The number of halogens is 1. The lowest BCUT2D eigenvalue weighted by Crippen LogP contribution is -2.02. The highest BCUT2D eigenvalue weighted by Gasteiger charge is 2.15. The third kappa shape index (κ3) is 1.68. The molecule has 0 aromatic carbocycles. The standard InChI is InChI=1S/C7H3ClN2O3/c8-3-1-5(11)6(7(12)13)10-4(3)2-9/h1,11H,(H,12,13). The largest absolute Gasteiger partial charge is 0.505 e. The van der Waals surface area contributed by atoms with Crippen molar-refractivity contribution in [3.63, 3.8) is 0 Å². The van der Waals surface area contributed by atoms with E-state index in [-0.39, 0.29) is 10.7 Å². The number of hydrogen-bond acceptors (Lipinski definition) is 4. The fourth-order valence-corrected chi connectivity index (χ4v) is 0.903. The second-order valence-electron chi connectivity index (χ2n) is 2.10. The quantitative estimate of drug-likeness (QED) is 0.702. The number of carboxylic acid groups (broad SMARTS) is 1. The van der Waals surface area contributed by atoms with Gasteiger partial charge in [0.25, 0.3) is 0 Å². The first kappa shape index (κ1) is 9.29. The van der Waals surface area contributed by atoms with Crippen LogP contribution in [0.5, 0.6) is 5.75 Å². The molecule has 0 saturated carbocycles. The van der Waals surface area contributed by atoms with Crippen molar-refractivity contribution in [3.05, 3.63) is 22.5 Å². The molecule has 0 fully saturated rings. The highest BCUT2D eigenvalue weighted by molar-refractivity contribution is 6.31. The van der Waals surface area contributed by atoms with Crippen LogP contribution in [0, 0.1) is 11.3 Å². The Bertz CT molecular complexity index is 411. The average Bonchev–Trinajstić information content (AvgIpc) is 2.03. The molecule has 0 radical (unpaired) electrons. The van der Waals surface area contributed by atoms with Crippen molar-refractivity contribution >= 4 is 17.6 Å². The molecule has 1 heterocycles. The molecular weight excluding hydrogens is 196 g/mol. The Morgan fingerprint density at radius 1 is 1.69 bits per heavy atom. The molecule has 0 aliphatic rings. The molecule has 6 heteroatoms. The lowest BCUT2D eigenvalue weighted by atomic mass is 10.3. The number of rotatable bonds is 1. The number of aromatic carboxylic acids is 1. The van der Waals surface area contributed by atoms with Crippen molar-refractivity contribution in [2.75, 3.05) is 0 Å². The van der Waals surface area contributed by atoms with Gasteiger partial charge in [0.2, 0.25) is 0 Å². The molecular formula is C7H3ClN2O3. The van der Waals surface area contributed by atoms with Crippen LogP contribution in [-0.4, -0.2) is 21.2 Å². The predicted molar refractivity (Wildman–Crippen MR) is 42.6 cm³/mol. The fraction of sp³-hybridized carbons (Fsp3) is 0. The summed E-state index contributed by atoms with van der Waals surface area (Å²) in [5.74, 6) is -1.97. The number of pyridine rings is 1. The van der Waals surface area contributed by atoms with E-state index in [1.54, 1.807) is 6.07 Å². The highest BCUT2D eigenvalue weighted by Crippen LogP contribution is 2.22. The number of carboxylic acids is 1. The second-order valence-corrected chi connectivity index (χ2v) is 2.51. The van der Waals surface area contributed by atoms with Crippen LogP contribution in [-0.2, 0) is 0 Å². The summed E-state index contributed by atoms with van der Waals surface area (Å²) >= 11 is 5.47. The van der Waals surface area contributed by atoms with Gasteiger partial charge in [-0.3, -0.25) is 0 Å². The Kier molecular flexibility index (Phi) is 2.35. The summed E-state index contributed by atoms with van der Waals surface area (Å²) in [6.45, 7) is 0. The van der Waals surface area contributed by atoms with Crippen LogP contribution < -0.4 is 0 Å². The van der Waals surface area contributed by atoms with Gasteiger partial charge in [-0.15, -0.1) is 0 Å². The molecule has 0 amide bonds. The lowest BCUT2D eigenvalue weighted by Gasteiger charge is -1.99. The van der Waals surface area contributed by atoms with E-state index in [2.05, 4.69) is 4.98 Å². The first-order valence-electron chi connectivity index (χ1n) is 3.09. The van der Waals surface area contributed by atoms with E-state index in [0.29, 0.717) is 0 Å².